The van der Waals surface area contributed by atoms with Crippen molar-refractivity contribution in [2.24, 2.45) is 0 Å². The van der Waals surface area contributed by atoms with Crippen LogP contribution in [-0.4, -0.2) is 9.55 Å². The van der Waals surface area contributed by atoms with E-state index in [4.69, 9.17) is 0 Å². The average molecular weight is 411 g/mol. The number of hydrogen-bond donors (Lipinski definition) is 1. The van der Waals surface area contributed by atoms with Crippen LogP contribution in [0.4, 0.5) is 0 Å². The van der Waals surface area contributed by atoms with Gasteiger partial charge in [0.15, 0.2) is 0 Å². The first kappa shape index (κ1) is 18.5. The van der Waals surface area contributed by atoms with Crippen molar-refractivity contribution in [3.05, 3.63) is 127 Å². The molecule has 0 aliphatic heterocycles. The molecular weight excluding hydrogens is 388 g/mol. The first-order valence-electron chi connectivity index (χ1n) is 10.9. The van der Waals surface area contributed by atoms with Crippen LogP contribution >= 0.6 is 0 Å². The standard InChI is InChI=1S/C30H22N2/c1-2-11-22(12-3-1)23-13-10-14-24(21-23)32-29-19-8-5-16-26(29)25-15-4-6-17-27(25)31-28-18-7-9-20-30(28)32/h1-21,31H. The molecule has 6 aromatic rings. The summed E-state index contributed by atoms with van der Waals surface area (Å²) in [6, 6.07) is 45.0. The van der Waals surface area contributed by atoms with Crippen molar-refractivity contribution in [2.75, 3.05) is 0 Å². The highest BCUT2D eigenvalue weighted by atomic mass is 15.0. The number of hydrogen-bond acceptors (Lipinski definition) is 0. The lowest BCUT2D eigenvalue weighted by atomic mass is 10.0. The van der Waals surface area contributed by atoms with Crippen molar-refractivity contribution in [3.63, 3.8) is 0 Å². The van der Waals surface area contributed by atoms with Crippen LogP contribution in [0.25, 0.3) is 49.7 Å². The summed E-state index contributed by atoms with van der Waals surface area (Å²) in [5.41, 5.74) is 8.04. The van der Waals surface area contributed by atoms with E-state index in [1.807, 2.05) is 0 Å². The second-order valence-electron chi connectivity index (χ2n) is 7.96. The molecule has 0 radical (unpaired) electrons. The third kappa shape index (κ3) is 3.14. The second kappa shape index (κ2) is 7.75. The van der Waals surface area contributed by atoms with Crippen molar-refractivity contribution in [1.29, 1.82) is 0 Å². The van der Waals surface area contributed by atoms with E-state index in [9.17, 15) is 0 Å². The van der Waals surface area contributed by atoms with Gasteiger partial charge in [0.25, 0.3) is 0 Å². The molecule has 0 unspecified atom stereocenters. The molecule has 32 heavy (non-hydrogen) atoms. The molecule has 0 atom stereocenters. The molecule has 0 aliphatic carbocycles. The number of nitrogens with zero attached hydrogens (tertiary/aromatic N) is 1. The van der Waals surface area contributed by atoms with Crippen LogP contribution in [0, 0.1) is 0 Å². The Balaban J connectivity index is 1.80. The van der Waals surface area contributed by atoms with Crippen molar-refractivity contribution in [3.8, 4) is 16.8 Å². The summed E-state index contributed by atoms with van der Waals surface area (Å²) in [5.74, 6) is 0. The van der Waals surface area contributed by atoms with Gasteiger partial charge in [0.1, 0.15) is 0 Å². The molecule has 5 aromatic carbocycles. The Morgan fingerprint density at radius 2 is 1.06 bits per heavy atom. The molecule has 152 valence electrons. The van der Waals surface area contributed by atoms with Gasteiger partial charge < -0.3 is 9.55 Å². The molecule has 0 spiro atoms. The van der Waals surface area contributed by atoms with E-state index < -0.39 is 0 Å². The van der Waals surface area contributed by atoms with Gasteiger partial charge in [-0.15, -0.1) is 0 Å². The number of rotatable bonds is 2. The smallest absolute Gasteiger partial charge is 0.0697 e. The monoisotopic (exact) mass is 410 g/mol. The molecule has 0 saturated carbocycles. The number of nitrogens with one attached hydrogen (secondary N) is 1. The van der Waals surface area contributed by atoms with E-state index in [1.54, 1.807) is 0 Å². The maximum Gasteiger partial charge on any atom is 0.0697 e. The lowest BCUT2D eigenvalue weighted by Crippen LogP contribution is -2.00. The van der Waals surface area contributed by atoms with Gasteiger partial charge in [0.2, 0.25) is 0 Å². The number of H-pyrrole nitrogens is 1. The Kier molecular flexibility index (Phi) is 4.47. The number of fused-ring (bicyclic) bond motifs is 4. The Morgan fingerprint density at radius 3 is 1.91 bits per heavy atom. The molecule has 0 aliphatic rings. The SMILES string of the molecule is c1ccc(-c2cccc(-n3c4ccccc4[nH]c4ccccc4c4ccccc43)c2)cc1. The Morgan fingerprint density at radius 1 is 0.438 bits per heavy atom. The molecular formula is C30H22N2. The maximum absolute atomic E-state index is 3.69. The fraction of sp³-hybridized carbons (Fsp3) is 0. The predicted molar refractivity (Wildman–Crippen MR) is 136 cm³/mol. The highest BCUT2D eigenvalue weighted by Crippen LogP contribution is 2.29. The van der Waals surface area contributed by atoms with Gasteiger partial charge in [0.05, 0.1) is 16.6 Å². The molecule has 0 bridgehead atoms. The van der Waals surface area contributed by atoms with Crippen molar-refractivity contribution >= 4 is 32.8 Å². The lowest BCUT2D eigenvalue weighted by Gasteiger charge is -2.16. The summed E-state index contributed by atoms with van der Waals surface area (Å²) in [7, 11) is 0. The van der Waals surface area contributed by atoms with Crippen molar-refractivity contribution < 1.29 is 0 Å². The molecule has 1 aromatic heterocycles. The third-order valence-corrected chi connectivity index (χ3v) is 5.99. The van der Waals surface area contributed by atoms with E-state index in [2.05, 4.69) is 137 Å². The zero-order valence-corrected chi connectivity index (χ0v) is 17.6. The molecule has 0 fully saturated rings. The number of aromatic nitrogens is 2. The fourth-order valence-corrected chi connectivity index (χ4v) is 4.51. The summed E-state index contributed by atoms with van der Waals surface area (Å²) in [4.78, 5) is 3.69. The summed E-state index contributed by atoms with van der Waals surface area (Å²) in [5, 5.41) is 2.40. The molecule has 2 nitrogen and oxygen atoms in total. The van der Waals surface area contributed by atoms with E-state index in [1.165, 1.54) is 27.4 Å². The third-order valence-electron chi connectivity index (χ3n) is 5.99. The zero-order chi connectivity index (χ0) is 21.3. The Hall–Kier alpha value is -4.30. The minimum Gasteiger partial charge on any atom is -0.353 e. The van der Waals surface area contributed by atoms with Gasteiger partial charge in [-0.2, -0.15) is 0 Å². The van der Waals surface area contributed by atoms with Crippen LogP contribution in [0.5, 0.6) is 0 Å². The van der Waals surface area contributed by atoms with Gasteiger partial charge in [-0.25, -0.2) is 0 Å². The van der Waals surface area contributed by atoms with Gasteiger partial charge in [-0.1, -0.05) is 91.0 Å². The van der Waals surface area contributed by atoms with Crippen molar-refractivity contribution in [2.45, 2.75) is 0 Å². The molecule has 6 rings (SSSR count). The van der Waals surface area contributed by atoms with Gasteiger partial charge >= 0.3 is 0 Å². The minimum atomic E-state index is 1.08. The van der Waals surface area contributed by atoms with Crippen LogP contribution in [0.1, 0.15) is 0 Å². The summed E-state index contributed by atoms with van der Waals surface area (Å²) < 4.78 is 2.36. The van der Waals surface area contributed by atoms with Crippen LogP contribution in [0.2, 0.25) is 0 Å². The predicted octanol–water partition coefficient (Wildman–Crippen LogP) is 8.06. The summed E-state index contributed by atoms with van der Waals surface area (Å²) >= 11 is 0. The van der Waals surface area contributed by atoms with Crippen LogP contribution in [0.3, 0.4) is 0 Å². The quantitative estimate of drug-likeness (QED) is 0.298. The van der Waals surface area contributed by atoms with E-state index >= 15 is 0 Å². The van der Waals surface area contributed by atoms with Gasteiger partial charge in [0, 0.05) is 22.0 Å². The highest BCUT2D eigenvalue weighted by Gasteiger charge is 2.09. The van der Waals surface area contributed by atoms with Crippen LogP contribution in [-0.2, 0) is 0 Å². The first-order valence-corrected chi connectivity index (χ1v) is 10.9. The Labute approximate surface area is 186 Å². The number of aromatic amines is 1. The minimum absolute atomic E-state index is 1.08. The number of para-hydroxylation sites is 4. The van der Waals surface area contributed by atoms with Gasteiger partial charge in [-0.3, -0.25) is 0 Å². The zero-order valence-electron chi connectivity index (χ0n) is 17.6. The molecule has 2 heteroatoms. The van der Waals surface area contributed by atoms with Crippen molar-refractivity contribution in [1.82, 2.24) is 9.55 Å². The highest BCUT2D eigenvalue weighted by molar-refractivity contribution is 6.05. The molecule has 1 N–H and O–H groups in total. The average Bonchev–Trinajstić information content (AvgIpc) is 2.86. The largest absolute Gasteiger partial charge is 0.353 e. The Bertz CT molecular complexity index is 1620. The second-order valence-corrected chi connectivity index (χ2v) is 7.96. The molecule has 0 saturated heterocycles. The lowest BCUT2D eigenvalue weighted by molar-refractivity contribution is 1.16. The first-order chi connectivity index (χ1) is 15.9. The van der Waals surface area contributed by atoms with E-state index in [0.29, 0.717) is 0 Å². The molecule has 0 amide bonds. The van der Waals surface area contributed by atoms with E-state index in [0.717, 1.165) is 22.2 Å². The van der Waals surface area contributed by atoms with Gasteiger partial charge in [-0.05, 0) is 47.5 Å². The number of benzene rings is 5. The normalized spacial score (nSPS) is 11.1. The maximum atomic E-state index is 3.69. The van der Waals surface area contributed by atoms with E-state index in [-0.39, 0.29) is 0 Å². The summed E-state index contributed by atoms with van der Waals surface area (Å²) in [6.07, 6.45) is 0. The fourth-order valence-electron chi connectivity index (χ4n) is 4.51. The topological polar surface area (TPSA) is 20.7 Å². The molecule has 1 heterocycles. The summed E-state index contributed by atoms with van der Waals surface area (Å²) in [6.45, 7) is 0. The van der Waals surface area contributed by atoms with Crippen LogP contribution in [0.15, 0.2) is 127 Å². The van der Waals surface area contributed by atoms with Crippen LogP contribution < -0.4 is 0 Å².